The van der Waals surface area contributed by atoms with Gasteiger partial charge in [0.1, 0.15) is 5.82 Å². The van der Waals surface area contributed by atoms with Crippen molar-refractivity contribution >= 4 is 35.1 Å². The fourth-order valence-corrected chi connectivity index (χ4v) is 3.40. The smallest absolute Gasteiger partial charge is 0.337 e. The molecule has 0 atom stereocenters. The van der Waals surface area contributed by atoms with Crippen LogP contribution in [0.1, 0.15) is 30.6 Å². The van der Waals surface area contributed by atoms with Gasteiger partial charge in [0.15, 0.2) is 0 Å². The van der Waals surface area contributed by atoms with E-state index < -0.39 is 5.97 Å². The van der Waals surface area contributed by atoms with Gasteiger partial charge >= 0.3 is 5.97 Å². The average Bonchev–Trinajstić information content (AvgIpc) is 2.50. The maximum absolute atomic E-state index is 10.9. The Morgan fingerprint density at radius 2 is 2.26 bits per heavy atom. The van der Waals surface area contributed by atoms with Crippen LogP contribution < -0.4 is 4.90 Å². The molecule has 2 heterocycles. The van der Waals surface area contributed by atoms with Gasteiger partial charge in [-0.05, 0) is 12.5 Å². The van der Waals surface area contributed by atoms with E-state index in [1.165, 1.54) is 12.3 Å². The largest absolute Gasteiger partial charge is 0.478 e. The molecule has 0 unspecified atom stereocenters. The minimum atomic E-state index is -1.01. The molecule has 0 radical (unpaired) electrons. The number of aromatic nitrogens is 1. The highest BCUT2D eigenvalue weighted by Crippen LogP contribution is 2.33. The second-order valence-corrected chi connectivity index (χ2v) is 7.39. The van der Waals surface area contributed by atoms with Gasteiger partial charge in [0.05, 0.1) is 10.6 Å². The van der Waals surface area contributed by atoms with Crippen LogP contribution in [0.4, 0.5) is 5.82 Å². The van der Waals surface area contributed by atoms with E-state index in [4.69, 9.17) is 16.7 Å². The molecule has 1 aliphatic heterocycles. The van der Waals surface area contributed by atoms with Crippen LogP contribution >= 0.6 is 23.4 Å². The van der Waals surface area contributed by atoms with Crippen molar-refractivity contribution in [3.8, 4) is 0 Å². The Morgan fingerprint density at radius 1 is 1.53 bits per heavy atom. The van der Waals surface area contributed by atoms with Crippen molar-refractivity contribution in [1.29, 1.82) is 0 Å². The molecule has 4 nitrogen and oxygen atoms in total. The van der Waals surface area contributed by atoms with Crippen molar-refractivity contribution in [3.05, 3.63) is 22.8 Å². The second-order valence-electron chi connectivity index (χ2n) is 5.18. The van der Waals surface area contributed by atoms with E-state index in [9.17, 15) is 4.79 Å². The number of carboxylic acids is 1. The Bertz CT molecular complexity index is 494. The van der Waals surface area contributed by atoms with Crippen LogP contribution in [0.15, 0.2) is 12.3 Å². The zero-order valence-corrected chi connectivity index (χ0v) is 12.6. The van der Waals surface area contributed by atoms with Crippen LogP contribution in [0.3, 0.4) is 0 Å². The summed E-state index contributed by atoms with van der Waals surface area (Å²) < 4.78 is 0.266. The van der Waals surface area contributed by atoms with Crippen molar-refractivity contribution < 1.29 is 9.90 Å². The number of rotatable bonds is 2. The molecule has 0 bridgehead atoms. The van der Waals surface area contributed by atoms with E-state index in [1.54, 1.807) is 0 Å². The third-order valence-electron chi connectivity index (χ3n) is 3.21. The van der Waals surface area contributed by atoms with Crippen LogP contribution in [-0.4, -0.2) is 39.6 Å². The molecule has 6 heteroatoms. The summed E-state index contributed by atoms with van der Waals surface area (Å²) in [6, 6.07) is 1.47. The topological polar surface area (TPSA) is 53.4 Å². The first-order chi connectivity index (χ1) is 8.89. The molecule has 104 valence electrons. The van der Waals surface area contributed by atoms with Gasteiger partial charge in [-0.3, -0.25) is 0 Å². The fraction of sp³-hybridized carbons (Fsp3) is 0.538. The SMILES string of the molecule is CC1(C)CCN(c2ncc(C(=O)O)cc2Cl)CCS1. The van der Waals surface area contributed by atoms with Gasteiger partial charge < -0.3 is 10.0 Å². The molecule has 1 fully saturated rings. The van der Waals surface area contributed by atoms with Gasteiger partial charge in [-0.1, -0.05) is 25.4 Å². The Labute approximate surface area is 122 Å². The number of nitrogens with zero attached hydrogens (tertiary/aromatic N) is 2. The first kappa shape index (κ1) is 14.5. The molecule has 0 spiro atoms. The zero-order valence-electron chi connectivity index (χ0n) is 11.0. The lowest BCUT2D eigenvalue weighted by atomic mass is 10.1. The molecule has 0 aromatic carbocycles. The summed E-state index contributed by atoms with van der Waals surface area (Å²) >= 11 is 8.10. The normalized spacial score (nSPS) is 19.0. The fourth-order valence-electron chi connectivity index (χ4n) is 2.01. The minimum Gasteiger partial charge on any atom is -0.478 e. The van der Waals surface area contributed by atoms with E-state index in [2.05, 4.69) is 23.7 Å². The maximum Gasteiger partial charge on any atom is 0.337 e. The number of thioether (sulfide) groups is 1. The molecular formula is C13H17ClN2O2S. The number of hydrogen-bond acceptors (Lipinski definition) is 4. The molecule has 1 aliphatic rings. The Hall–Kier alpha value is -0.940. The number of halogens is 1. The third kappa shape index (κ3) is 3.54. The number of hydrogen-bond donors (Lipinski definition) is 1. The van der Waals surface area contributed by atoms with Gasteiger partial charge in [-0.25, -0.2) is 9.78 Å². The van der Waals surface area contributed by atoms with Crippen molar-refractivity contribution in [1.82, 2.24) is 4.98 Å². The first-order valence-corrected chi connectivity index (χ1v) is 7.53. The molecule has 0 amide bonds. The summed E-state index contributed by atoms with van der Waals surface area (Å²) in [6.07, 6.45) is 2.42. The minimum absolute atomic E-state index is 0.123. The predicted molar refractivity (Wildman–Crippen MR) is 79.6 cm³/mol. The molecule has 19 heavy (non-hydrogen) atoms. The summed E-state index contributed by atoms with van der Waals surface area (Å²) in [5.41, 5.74) is 0.123. The highest BCUT2D eigenvalue weighted by Gasteiger charge is 2.25. The molecule has 1 N–H and O–H groups in total. The van der Waals surface area contributed by atoms with Crippen LogP contribution in [0.2, 0.25) is 5.02 Å². The van der Waals surface area contributed by atoms with Gasteiger partial charge in [0.2, 0.25) is 0 Å². The number of pyridine rings is 1. The van der Waals surface area contributed by atoms with Crippen LogP contribution in [-0.2, 0) is 0 Å². The van der Waals surface area contributed by atoms with Crippen LogP contribution in [0.25, 0.3) is 0 Å². The maximum atomic E-state index is 10.9. The third-order valence-corrected chi connectivity index (χ3v) is 4.86. The summed E-state index contributed by atoms with van der Waals surface area (Å²) in [5.74, 6) is 0.699. The first-order valence-electron chi connectivity index (χ1n) is 6.17. The van der Waals surface area contributed by atoms with E-state index in [-0.39, 0.29) is 10.3 Å². The van der Waals surface area contributed by atoms with Crippen molar-refractivity contribution in [3.63, 3.8) is 0 Å². The highest BCUT2D eigenvalue weighted by molar-refractivity contribution is 8.00. The van der Waals surface area contributed by atoms with E-state index in [1.807, 2.05) is 11.8 Å². The molecule has 1 saturated heterocycles. The molecule has 1 aromatic heterocycles. The monoisotopic (exact) mass is 300 g/mol. The van der Waals surface area contributed by atoms with Gasteiger partial charge in [-0.2, -0.15) is 11.8 Å². The predicted octanol–water partition coefficient (Wildman–Crippen LogP) is 3.16. The van der Waals surface area contributed by atoms with Crippen LogP contribution in [0, 0.1) is 0 Å². The number of carboxylic acid groups (broad SMARTS) is 1. The molecule has 0 saturated carbocycles. The van der Waals surface area contributed by atoms with Crippen molar-refractivity contribution in [2.24, 2.45) is 0 Å². The Kier molecular flexibility index (Phi) is 4.26. The van der Waals surface area contributed by atoms with E-state index >= 15 is 0 Å². The van der Waals surface area contributed by atoms with E-state index in [0.29, 0.717) is 10.8 Å². The zero-order chi connectivity index (χ0) is 14.0. The van der Waals surface area contributed by atoms with Crippen LogP contribution in [0.5, 0.6) is 0 Å². The summed E-state index contributed by atoms with van der Waals surface area (Å²) in [5, 5.41) is 9.32. The summed E-state index contributed by atoms with van der Waals surface area (Å²) in [7, 11) is 0. The Balaban J connectivity index is 2.20. The lowest BCUT2D eigenvalue weighted by Gasteiger charge is -2.24. The highest BCUT2D eigenvalue weighted by atomic mass is 35.5. The van der Waals surface area contributed by atoms with Crippen molar-refractivity contribution in [2.45, 2.75) is 25.0 Å². The molecular weight excluding hydrogens is 284 g/mol. The van der Waals surface area contributed by atoms with Gasteiger partial charge in [-0.15, -0.1) is 0 Å². The lowest BCUT2D eigenvalue weighted by Crippen LogP contribution is -2.28. The van der Waals surface area contributed by atoms with Gasteiger partial charge in [0.25, 0.3) is 0 Å². The lowest BCUT2D eigenvalue weighted by molar-refractivity contribution is 0.0696. The molecule has 0 aliphatic carbocycles. The molecule has 2 rings (SSSR count). The molecule has 1 aromatic rings. The number of carbonyl (C=O) groups is 1. The summed E-state index contributed by atoms with van der Waals surface area (Å²) in [4.78, 5) is 17.2. The quantitative estimate of drug-likeness (QED) is 0.909. The van der Waals surface area contributed by atoms with Gasteiger partial charge in [0, 0.05) is 29.8 Å². The Morgan fingerprint density at radius 3 is 2.89 bits per heavy atom. The number of aromatic carboxylic acids is 1. The standard InChI is InChI=1S/C13H17ClN2O2S/c1-13(2)3-4-16(5-6-19-13)11-10(14)7-9(8-15-11)12(17)18/h7-8H,3-6H2,1-2H3,(H,17,18). The van der Waals surface area contributed by atoms with E-state index in [0.717, 1.165) is 25.3 Å². The average molecular weight is 301 g/mol. The van der Waals surface area contributed by atoms with Crippen molar-refractivity contribution in [2.75, 3.05) is 23.7 Å². The number of anilines is 1. The second kappa shape index (κ2) is 5.59. The summed E-state index contributed by atoms with van der Waals surface area (Å²) in [6.45, 7) is 6.25.